The lowest BCUT2D eigenvalue weighted by Crippen LogP contribution is -2.37. The third-order valence-electron chi connectivity index (χ3n) is 0.805. The second-order valence-corrected chi connectivity index (χ2v) is 2.42. The van der Waals surface area contributed by atoms with Gasteiger partial charge in [-0.05, 0) is 0 Å². The van der Waals surface area contributed by atoms with Gasteiger partial charge in [0.2, 0.25) is 0 Å². The van der Waals surface area contributed by atoms with Crippen molar-refractivity contribution in [3.05, 3.63) is 0 Å². The fourth-order valence-electron chi connectivity index (χ4n) is 0.206. The van der Waals surface area contributed by atoms with Gasteiger partial charge in [-0.3, -0.25) is 4.79 Å². The summed E-state index contributed by atoms with van der Waals surface area (Å²) in [5, 5.41) is 7.89. The molecule has 9 heavy (non-hydrogen) atoms. The number of aliphatic carboxylic acids is 1. The van der Waals surface area contributed by atoms with Gasteiger partial charge in [0.1, 0.15) is 6.04 Å². The summed E-state index contributed by atoms with van der Waals surface area (Å²) in [7, 11) is 0. The predicted molar refractivity (Wildman–Crippen MR) is 41.3 cm³/mol. The lowest BCUT2D eigenvalue weighted by atomic mass is 10.2. The summed E-state index contributed by atoms with van der Waals surface area (Å²) in [6.07, 6.45) is 0. The average Bonchev–Trinajstić information content (AvgIpc) is 1.64. The van der Waals surface area contributed by atoms with Crippen molar-refractivity contribution < 1.29 is 9.90 Å². The third-order valence-corrected chi connectivity index (χ3v) is 1.13. The van der Waals surface area contributed by atoms with Crippen LogP contribution in [-0.2, 0) is 4.79 Å². The molecule has 3 nitrogen and oxygen atoms in total. The van der Waals surface area contributed by atoms with Crippen LogP contribution in [0.5, 0.6) is 0 Å². The monoisotopic (exact) mass is 171 g/mol. The lowest BCUT2D eigenvalue weighted by molar-refractivity contribution is -0.138. The van der Waals surface area contributed by atoms with E-state index in [4.69, 9.17) is 10.8 Å². The molecule has 0 aliphatic heterocycles. The number of rotatable bonds is 2. The maximum atomic E-state index is 9.97. The first-order valence-electron chi connectivity index (χ1n) is 2.22. The van der Waals surface area contributed by atoms with Crippen molar-refractivity contribution in [1.82, 2.24) is 0 Å². The molecule has 0 spiro atoms. The molecule has 0 fully saturated rings. The third kappa shape index (κ3) is 4.57. The van der Waals surface area contributed by atoms with Gasteiger partial charge in [0, 0.05) is 5.25 Å². The SMILES string of the molecule is C[C@H](S)[C@@H](N)C(=O)O.Cl. The normalized spacial score (nSPS) is 15.4. The molecule has 0 rings (SSSR count). The highest BCUT2D eigenvalue weighted by molar-refractivity contribution is 7.81. The Hall–Kier alpha value is 0.0700. The number of halogens is 1. The van der Waals surface area contributed by atoms with Crippen LogP contribution in [0.15, 0.2) is 0 Å². The number of nitrogens with two attached hydrogens (primary N) is 1. The number of hydrogen-bond donors (Lipinski definition) is 3. The molecule has 56 valence electrons. The summed E-state index contributed by atoms with van der Waals surface area (Å²) < 4.78 is 0. The number of thiol groups is 1. The van der Waals surface area contributed by atoms with Crippen LogP contribution in [-0.4, -0.2) is 22.4 Å². The van der Waals surface area contributed by atoms with E-state index in [1.807, 2.05) is 0 Å². The molecule has 0 saturated carbocycles. The minimum atomic E-state index is -1.01. The fraction of sp³-hybridized carbons (Fsp3) is 0.750. The summed E-state index contributed by atoms with van der Waals surface area (Å²) in [5.41, 5.74) is 5.08. The molecule has 0 bridgehead atoms. The Balaban J connectivity index is 0. The predicted octanol–water partition coefficient (Wildman–Crippen LogP) is 0.138. The minimum absolute atomic E-state index is 0. The van der Waals surface area contributed by atoms with Gasteiger partial charge < -0.3 is 10.8 Å². The van der Waals surface area contributed by atoms with Crippen LogP contribution in [0.4, 0.5) is 0 Å². The number of carboxylic acids is 1. The van der Waals surface area contributed by atoms with Crippen LogP contribution in [0.3, 0.4) is 0 Å². The van der Waals surface area contributed by atoms with Gasteiger partial charge in [-0.2, -0.15) is 12.6 Å². The molecule has 0 aliphatic carbocycles. The second-order valence-electron chi connectivity index (χ2n) is 1.60. The number of hydrogen-bond acceptors (Lipinski definition) is 3. The molecule has 5 heteroatoms. The first-order valence-corrected chi connectivity index (χ1v) is 2.74. The summed E-state index contributed by atoms with van der Waals surface area (Å²) in [4.78, 5) is 9.97. The van der Waals surface area contributed by atoms with Crippen molar-refractivity contribution in [1.29, 1.82) is 0 Å². The molecular weight excluding hydrogens is 162 g/mol. The highest BCUT2D eigenvalue weighted by atomic mass is 35.5. The van der Waals surface area contributed by atoms with Crippen LogP contribution in [0.1, 0.15) is 6.92 Å². The van der Waals surface area contributed by atoms with Crippen molar-refractivity contribution in [3.63, 3.8) is 0 Å². The largest absolute Gasteiger partial charge is 0.480 e. The molecule has 0 aromatic heterocycles. The Morgan fingerprint density at radius 1 is 1.78 bits per heavy atom. The zero-order valence-corrected chi connectivity index (χ0v) is 6.65. The van der Waals surface area contributed by atoms with Crippen LogP contribution in [0.2, 0.25) is 0 Å². The molecule has 0 aliphatic rings. The molecule has 2 atom stereocenters. The molecule has 0 aromatic carbocycles. The molecular formula is C4H10ClNO2S. The topological polar surface area (TPSA) is 63.3 Å². The molecule has 0 amide bonds. The van der Waals surface area contributed by atoms with Gasteiger partial charge in [-0.25, -0.2) is 0 Å². The van der Waals surface area contributed by atoms with E-state index in [1.165, 1.54) is 0 Å². The first kappa shape index (κ1) is 11.8. The van der Waals surface area contributed by atoms with Crippen molar-refractivity contribution in [2.75, 3.05) is 0 Å². The molecule has 0 unspecified atom stereocenters. The number of carbonyl (C=O) groups is 1. The van der Waals surface area contributed by atoms with E-state index in [-0.39, 0.29) is 17.7 Å². The lowest BCUT2D eigenvalue weighted by Gasteiger charge is -2.07. The van der Waals surface area contributed by atoms with Crippen LogP contribution in [0.25, 0.3) is 0 Å². The molecule has 0 aromatic rings. The maximum absolute atomic E-state index is 9.97. The standard InChI is InChI=1S/C4H9NO2S.ClH/c1-2(8)3(5)4(6)7;/h2-3,8H,5H2,1H3,(H,6,7);1H/t2-,3+;/m0./s1. The summed E-state index contributed by atoms with van der Waals surface area (Å²) in [5.74, 6) is -1.01. The van der Waals surface area contributed by atoms with E-state index in [0.29, 0.717) is 0 Å². The first-order chi connectivity index (χ1) is 3.55. The van der Waals surface area contributed by atoms with Gasteiger partial charge in [0.05, 0.1) is 0 Å². The summed E-state index contributed by atoms with van der Waals surface area (Å²) in [6.45, 7) is 1.64. The quantitative estimate of drug-likeness (QED) is 0.518. The van der Waals surface area contributed by atoms with E-state index in [1.54, 1.807) is 6.92 Å². The van der Waals surface area contributed by atoms with E-state index < -0.39 is 12.0 Å². The maximum Gasteiger partial charge on any atom is 0.321 e. The van der Waals surface area contributed by atoms with Gasteiger partial charge in [0.15, 0.2) is 0 Å². The van der Waals surface area contributed by atoms with Crippen molar-refractivity contribution in [2.45, 2.75) is 18.2 Å². The van der Waals surface area contributed by atoms with Gasteiger partial charge in [-0.1, -0.05) is 6.92 Å². The zero-order chi connectivity index (χ0) is 6.73. The second kappa shape index (κ2) is 4.90. The Labute approximate surface area is 65.4 Å². The summed E-state index contributed by atoms with van der Waals surface area (Å²) >= 11 is 3.83. The summed E-state index contributed by atoms with van der Waals surface area (Å²) in [6, 6.07) is -0.849. The van der Waals surface area contributed by atoms with Crippen molar-refractivity contribution in [3.8, 4) is 0 Å². The zero-order valence-electron chi connectivity index (χ0n) is 4.94. The van der Waals surface area contributed by atoms with Crippen molar-refractivity contribution >= 4 is 31.0 Å². The Kier molecular flexibility index (Phi) is 6.44. The van der Waals surface area contributed by atoms with Crippen LogP contribution < -0.4 is 5.73 Å². The Morgan fingerprint density at radius 2 is 2.11 bits per heavy atom. The van der Waals surface area contributed by atoms with Crippen LogP contribution in [0, 0.1) is 0 Å². The highest BCUT2D eigenvalue weighted by Crippen LogP contribution is 1.96. The molecule has 0 saturated heterocycles. The fourth-order valence-corrected chi connectivity index (χ4v) is 0.334. The average molecular weight is 172 g/mol. The van der Waals surface area contributed by atoms with Gasteiger partial charge in [0.25, 0.3) is 0 Å². The van der Waals surface area contributed by atoms with Gasteiger partial charge in [-0.15, -0.1) is 12.4 Å². The van der Waals surface area contributed by atoms with E-state index in [0.717, 1.165) is 0 Å². The van der Waals surface area contributed by atoms with Crippen molar-refractivity contribution in [2.24, 2.45) is 5.73 Å². The van der Waals surface area contributed by atoms with E-state index in [9.17, 15) is 4.79 Å². The Morgan fingerprint density at radius 3 is 2.11 bits per heavy atom. The highest BCUT2D eigenvalue weighted by Gasteiger charge is 2.15. The van der Waals surface area contributed by atoms with Gasteiger partial charge >= 0.3 is 5.97 Å². The van der Waals surface area contributed by atoms with E-state index >= 15 is 0 Å². The minimum Gasteiger partial charge on any atom is -0.480 e. The van der Waals surface area contributed by atoms with E-state index in [2.05, 4.69) is 12.6 Å². The Bertz CT molecular complexity index is 98.6. The molecule has 0 heterocycles. The molecule has 3 N–H and O–H groups in total. The van der Waals surface area contributed by atoms with Crippen LogP contribution >= 0.6 is 25.0 Å². The molecule has 0 radical (unpaired) electrons. The number of carboxylic acid groups (broad SMARTS) is 1. The smallest absolute Gasteiger partial charge is 0.321 e.